The topological polar surface area (TPSA) is 38.0 Å². The molecule has 2 aromatic rings. The molecule has 0 saturated carbocycles. The minimum Gasteiger partial charge on any atom is -0.374 e. The van der Waals surface area contributed by atoms with E-state index in [1.165, 1.54) is 0 Å². The molecule has 0 aliphatic heterocycles. The number of nitrogens with zero attached hydrogens (tertiary/aromatic N) is 2. The molecule has 1 atom stereocenters. The van der Waals surface area contributed by atoms with Gasteiger partial charge in [-0.05, 0) is 18.2 Å². The fraction of sp³-hybridized carbons (Fsp3) is 0.0833. The summed E-state index contributed by atoms with van der Waals surface area (Å²) in [7, 11) is 0. The van der Waals surface area contributed by atoms with Crippen LogP contribution < -0.4 is 0 Å². The van der Waals surface area contributed by atoms with Crippen LogP contribution in [0, 0.1) is 12.3 Å². The molecular weight excluding hydrogens is 188 g/mol. The number of rotatable bonds is 2. The van der Waals surface area contributed by atoms with Crippen LogP contribution in [-0.2, 0) is 0 Å². The van der Waals surface area contributed by atoms with E-state index in [4.69, 9.17) is 6.42 Å². The van der Waals surface area contributed by atoms with Crippen molar-refractivity contribution in [2.24, 2.45) is 0 Å². The Morgan fingerprint density at radius 2 is 2.00 bits per heavy atom. The van der Waals surface area contributed by atoms with Gasteiger partial charge in [0.05, 0.1) is 5.69 Å². The van der Waals surface area contributed by atoms with Gasteiger partial charge in [0, 0.05) is 6.20 Å². The SMILES string of the molecule is C#CC(O)c1ccn(-c2ccccc2)n1. The van der Waals surface area contributed by atoms with Gasteiger partial charge in [-0.2, -0.15) is 5.10 Å². The summed E-state index contributed by atoms with van der Waals surface area (Å²) >= 11 is 0. The summed E-state index contributed by atoms with van der Waals surface area (Å²) in [5.74, 6) is 2.23. The Kier molecular flexibility index (Phi) is 2.53. The lowest BCUT2D eigenvalue weighted by Crippen LogP contribution is -1.98. The third-order valence-electron chi connectivity index (χ3n) is 2.07. The van der Waals surface area contributed by atoms with Crippen molar-refractivity contribution in [3.05, 3.63) is 48.3 Å². The molecule has 0 radical (unpaired) electrons. The highest BCUT2D eigenvalue weighted by molar-refractivity contribution is 5.31. The molecular formula is C12H10N2O. The number of benzene rings is 1. The lowest BCUT2D eigenvalue weighted by molar-refractivity contribution is 0.233. The fourth-order valence-corrected chi connectivity index (χ4v) is 1.29. The summed E-state index contributed by atoms with van der Waals surface area (Å²) in [6, 6.07) is 11.3. The van der Waals surface area contributed by atoms with Gasteiger partial charge in [-0.25, -0.2) is 4.68 Å². The molecule has 3 heteroatoms. The van der Waals surface area contributed by atoms with E-state index in [0.717, 1.165) is 5.69 Å². The molecule has 0 bridgehead atoms. The number of para-hydroxylation sites is 1. The molecule has 0 aliphatic rings. The van der Waals surface area contributed by atoms with E-state index < -0.39 is 6.10 Å². The van der Waals surface area contributed by atoms with Gasteiger partial charge in [-0.1, -0.05) is 24.1 Å². The zero-order valence-electron chi connectivity index (χ0n) is 8.04. The molecule has 74 valence electrons. The van der Waals surface area contributed by atoms with Gasteiger partial charge in [0.1, 0.15) is 5.69 Å². The molecule has 0 aliphatic carbocycles. The maximum absolute atomic E-state index is 9.38. The molecule has 3 nitrogen and oxygen atoms in total. The molecule has 15 heavy (non-hydrogen) atoms. The predicted octanol–water partition coefficient (Wildman–Crippen LogP) is 1.54. The van der Waals surface area contributed by atoms with Crippen molar-refractivity contribution in [2.45, 2.75) is 6.10 Å². The highest BCUT2D eigenvalue weighted by Crippen LogP contribution is 2.11. The maximum atomic E-state index is 9.38. The van der Waals surface area contributed by atoms with Crippen LogP contribution in [0.1, 0.15) is 11.8 Å². The van der Waals surface area contributed by atoms with Crippen LogP contribution in [-0.4, -0.2) is 14.9 Å². The highest BCUT2D eigenvalue weighted by Gasteiger charge is 2.07. The van der Waals surface area contributed by atoms with Crippen molar-refractivity contribution in [3.63, 3.8) is 0 Å². The molecule has 1 unspecified atom stereocenters. The molecule has 0 spiro atoms. The van der Waals surface area contributed by atoms with Crippen LogP contribution in [0.5, 0.6) is 0 Å². The zero-order valence-corrected chi connectivity index (χ0v) is 8.04. The average Bonchev–Trinajstić information content (AvgIpc) is 2.78. The first-order valence-corrected chi connectivity index (χ1v) is 4.56. The monoisotopic (exact) mass is 198 g/mol. The quantitative estimate of drug-likeness (QED) is 0.743. The first-order chi connectivity index (χ1) is 7.31. The first-order valence-electron chi connectivity index (χ1n) is 4.56. The van der Waals surface area contributed by atoms with Crippen molar-refractivity contribution in [2.75, 3.05) is 0 Å². The van der Waals surface area contributed by atoms with Crippen LogP contribution in [0.3, 0.4) is 0 Å². The van der Waals surface area contributed by atoms with Crippen molar-refractivity contribution in [3.8, 4) is 18.0 Å². The van der Waals surface area contributed by atoms with Gasteiger partial charge in [-0.3, -0.25) is 0 Å². The number of aliphatic hydroxyl groups excluding tert-OH is 1. The lowest BCUT2D eigenvalue weighted by atomic mass is 10.3. The van der Waals surface area contributed by atoms with E-state index >= 15 is 0 Å². The molecule has 1 N–H and O–H groups in total. The van der Waals surface area contributed by atoms with E-state index in [9.17, 15) is 5.11 Å². The van der Waals surface area contributed by atoms with E-state index in [-0.39, 0.29) is 0 Å². The summed E-state index contributed by atoms with van der Waals surface area (Å²) in [6.07, 6.45) is 5.94. The average molecular weight is 198 g/mol. The Bertz CT molecular complexity index is 482. The summed E-state index contributed by atoms with van der Waals surface area (Å²) in [5.41, 5.74) is 1.43. The second kappa shape index (κ2) is 3.99. The minimum absolute atomic E-state index is 0.487. The zero-order chi connectivity index (χ0) is 10.7. The van der Waals surface area contributed by atoms with Gasteiger partial charge in [0.15, 0.2) is 6.10 Å². The van der Waals surface area contributed by atoms with Crippen LogP contribution in [0.4, 0.5) is 0 Å². The first kappa shape index (κ1) is 9.50. The second-order valence-electron chi connectivity index (χ2n) is 3.09. The molecule has 1 heterocycles. The largest absolute Gasteiger partial charge is 0.374 e. The van der Waals surface area contributed by atoms with Gasteiger partial charge in [0.2, 0.25) is 0 Å². The van der Waals surface area contributed by atoms with E-state index in [1.54, 1.807) is 16.9 Å². The number of hydrogen-bond donors (Lipinski definition) is 1. The van der Waals surface area contributed by atoms with Gasteiger partial charge >= 0.3 is 0 Å². The molecule has 1 aromatic heterocycles. The van der Waals surface area contributed by atoms with E-state index in [0.29, 0.717) is 5.69 Å². The summed E-state index contributed by atoms with van der Waals surface area (Å²) in [6.45, 7) is 0. The molecule has 2 rings (SSSR count). The second-order valence-corrected chi connectivity index (χ2v) is 3.09. The van der Waals surface area contributed by atoms with Crippen LogP contribution in [0.25, 0.3) is 5.69 Å². The molecule has 0 amide bonds. The fourth-order valence-electron chi connectivity index (χ4n) is 1.29. The number of terminal acetylenes is 1. The van der Waals surface area contributed by atoms with Gasteiger partial charge in [-0.15, -0.1) is 6.42 Å². The third-order valence-corrected chi connectivity index (χ3v) is 2.07. The smallest absolute Gasteiger partial charge is 0.158 e. The van der Waals surface area contributed by atoms with Crippen molar-refractivity contribution < 1.29 is 5.11 Å². The third kappa shape index (κ3) is 1.90. The number of aromatic nitrogens is 2. The Hall–Kier alpha value is -2.05. The normalized spacial score (nSPS) is 12.0. The highest BCUT2D eigenvalue weighted by atomic mass is 16.3. The summed E-state index contributed by atoms with van der Waals surface area (Å²) in [5, 5.41) is 13.6. The minimum atomic E-state index is -0.935. The maximum Gasteiger partial charge on any atom is 0.158 e. The molecule has 1 aromatic carbocycles. The standard InChI is InChI=1S/C12H10N2O/c1-2-12(15)11-8-9-14(13-11)10-6-4-3-5-7-10/h1,3-9,12,15H. The number of hydrogen-bond acceptors (Lipinski definition) is 2. The van der Waals surface area contributed by atoms with Crippen molar-refractivity contribution >= 4 is 0 Å². The summed E-state index contributed by atoms with van der Waals surface area (Å²) in [4.78, 5) is 0. The Morgan fingerprint density at radius 3 is 2.67 bits per heavy atom. The van der Waals surface area contributed by atoms with Crippen LogP contribution >= 0.6 is 0 Å². The Balaban J connectivity index is 2.33. The Labute approximate surface area is 88.0 Å². The van der Waals surface area contributed by atoms with E-state index in [1.807, 2.05) is 30.3 Å². The van der Waals surface area contributed by atoms with Crippen LogP contribution in [0.2, 0.25) is 0 Å². The van der Waals surface area contributed by atoms with Crippen molar-refractivity contribution in [1.29, 1.82) is 0 Å². The van der Waals surface area contributed by atoms with Gasteiger partial charge < -0.3 is 5.11 Å². The Morgan fingerprint density at radius 1 is 1.27 bits per heavy atom. The van der Waals surface area contributed by atoms with Crippen molar-refractivity contribution in [1.82, 2.24) is 9.78 Å². The molecule has 0 fully saturated rings. The molecule has 0 saturated heterocycles. The lowest BCUT2D eigenvalue weighted by Gasteiger charge is -2.00. The predicted molar refractivity (Wildman–Crippen MR) is 57.4 cm³/mol. The van der Waals surface area contributed by atoms with Gasteiger partial charge in [0.25, 0.3) is 0 Å². The number of aliphatic hydroxyl groups is 1. The summed E-state index contributed by atoms with van der Waals surface area (Å²) < 4.78 is 1.68. The van der Waals surface area contributed by atoms with E-state index in [2.05, 4.69) is 11.0 Å². The van der Waals surface area contributed by atoms with Crippen LogP contribution in [0.15, 0.2) is 42.6 Å².